The molecule has 0 bridgehead atoms. The van der Waals surface area contributed by atoms with Crippen molar-refractivity contribution in [1.82, 2.24) is 25.1 Å². The van der Waals surface area contributed by atoms with Crippen LogP contribution in [0.4, 0.5) is 0 Å². The molecule has 6 nitrogen and oxygen atoms in total. The Balaban J connectivity index is 1.63. The maximum atomic E-state index is 12.6. The Hall–Kier alpha value is -2.24. The van der Waals surface area contributed by atoms with E-state index in [1.165, 1.54) is 22.3 Å². The minimum atomic E-state index is 0.0985. The predicted molar refractivity (Wildman–Crippen MR) is 91.4 cm³/mol. The van der Waals surface area contributed by atoms with Gasteiger partial charge in [0.25, 0.3) is 0 Å². The molecule has 0 aliphatic carbocycles. The van der Waals surface area contributed by atoms with Crippen molar-refractivity contribution in [2.75, 3.05) is 6.54 Å². The quantitative estimate of drug-likeness (QED) is 0.846. The summed E-state index contributed by atoms with van der Waals surface area (Å²) in [5.74, 6) is 0.754. The van der Waals surface area contributed by atoms with Crippen LogP contribution < -0.4 is 0 Å². The number of hydrogen-bond acceptors (Lipinski definition) is 4. The molecule has 1 aliphatic heterocycles. The normalized spacial score (nSPS) is 17.9. The summed E-state index contributed by atoms with van der Waals surface area (Å²) < 4.78 is 0. The lowest BCUT2D eigenvalue weighted by Crippen LogP contribution is -2.45. The molecule has 1 aromatic carbocycles. The van der Waals surface area contributed by atoms with Crippen LogP contribution in [0.1, 0.15) is 49.6 Å². The number of carbonyl (C=O) groups is 1. The molecule has 2 aromatic rings. The average molecular weight is 327 g/mol. The third-order valence-electron chi connectivity index (χ3n) is 4.80. The van der Waals surface area contributed by atoms with Crippen molar-refractivity contribution < 1.29 is 4.79 Å². The molecule has 0 spiro atoms. The smallest absolute Gasteiger partial charge is 0.246 e. The minimum Gasteiger partial charge on any atom is -0.338 e. The zero-order valence-electron chi connectivity index (χ0n) is 14.5. The Morgan fingerprint density at radius 2 is 2.12 bits per heavy atom. The maximum Gasteiger partial charge on any atom is 0.246 e. The van der Waals surface area contributed by atoms with Gasteiger partial charge in [-0.05, 0) is 48.9 Å². The highest BCUT2D eigenvalue weighted by atomic mass is 16.2. The van der Waals surface area contributed by atoms with Crippen LogP contribution in [-0.4, -0.2) is 43.6 Å². The van der Waals surface area contributed by atoms with Gasteiger partial charge in [-0.3, -0.25) is 4.79 Å². The van der Waals surface area contributed by atoms with Crippen LogP contribution in [0.2, 0.25) is 0 Å². The number of tetrazole rings is 1. The summed E-state index contributed by atoms with van der Waals surface area (Å²) >= 11 is 0. The van der Waals surface area contributed by atoms with Gasteiger partial charge in [0, 0.05) is 19.0 Å². The van der Waals surface area contributed by atoms with Crippen LogP contribution in [0.15, 0.2) is 24.3 Å². The highest BCUT2D eigenvalue weighted by molar-refractivity contribution is 5.76. The molecule has 1 fully saturated rings. The van der Waals surface area contributed by atoms with Crippen molar-refractivity contribution in [3.63, 3.8) is 0 Å². The predicted octanol–water partition coefficient (Wildman–Crippen LogP) is 2.36. The summed E-state index contributed by atoms with van der Waals surface area (Å²) in [5, 5.41) is 12.5. The van der Waals surface area contributed by atoms with E-state index in [2.05, 4.69) is 41.4 Å². The van der Waals surface area contributed by atoms with Crippen molar-refractivity contribution >= 4 is 5.91 Å². The van der Waals surface area contributed by atoms with E-state index in [-0.39, 0.29) is 12.5 Å². The fourth-order valence-electron chi connectivity index (χ4n) is 3.36. The van der Waals surface area contributed by atoms with Gasteiger partial charge in [0.15, 0.2) is 5.82 Å². The first-order chi connectivity index (χ1) is 11.7. The molecule has 0 radical (unpaired) electrons. The summed E-state index contributed by atoms with van der Waals surface area (Å²) in [7, 11) is 0. The van der Waals surface area contributed by atoms with E-state index in [1.807, 2.05) is 17.0 Å². The molecular weight excluding hydrogens is 302 g/mol. The first-order valence-electron chi connectivity index (χ1n) is 8.78. The third-order valence-corrected chi connectivity index (χ3v) is 4.80. The largest absolute Gasteiger partial charge is 0.338 e. The molecule has 1 aromatic heterocycles. The van der Waals surface area contributed by atoms with Gasteiger partial charge < -0.3 is 4.90 Å². The molecule has 1 atom stereocenters. The van der Waals surface area contributed by atoms with Crippen molar-refractivity contribution in [3.05, 3.63) is 41.2 Å². The van der Waals surface area contributed by atoms with Gasteiger partial charge >= 0.3 is 0 Å². The van der Waals surface area contributed by atoms with Gasteiger partial charge in [-0.25, -0.2) is 0 Å². The number of hydrogen-bond donors (Lipinski definition) is 0. The number of nitrogens with zero attached hydrogens (tertiary/aromatic N) is 5. The van der Waals surface area contributed by atoms with Gasteiger partial charge in [0.2, 0.25) is 5.91 Å². The first kappa shape index (κ1) is 16.6. The fraction of sp³-hybridized carbons (Fsp3) is 0.556. The molecular formula is C18H25N5O. The highest BCUT2D eigenvalue weighted by Gasteiger charge is 2.25. The molecule has 24 heavy (non-hydrogen) atoms. The minimum absolute atomic E-state index is 0.0985. The zero-order chi connectivity index (χ0) is 16.9. The van der Waals surface area contributed by atoms with Crippen LogP contribution in [0.25, 0.3) is 0 Å². The Bertz CT molecular complexity index is 696. The lowest BCUT2D eigenvalue weighted by Gasteiger charge is -2.35. The van der Waals surface area contributed by atoms with Crippen LogP contribution >= 0.6 is 0 Å². The topological polar surface area (TPSA) is 63.9 Å². The Morgan fingerprint density at radius 1 is 1.29 bits per heavy atom. The molecule has 1 amide bonds. The molecule has 0 N–H and O–H groups in total. The molecule has 2 heterocycles. The van der Waals surface area contributed by atoms with E-state index >= 15 is 0 Å². The van der Waals surface area contributed by atoms with Crippen molar-refractivity contribution in [3.8, 4) is 0 Å². The Morgan fingerprint density at radius 3 is 2.92 bits per heavy atom. The Labute approximate surface area is 142 Å². The van der Waals surface area contributed by atoms with Gasteiger partial charge in [-0.1, -0.05) is 31.2 Å². The summed E-state index contributed by atoms with van der Waals surface area (Å²) in [6, 6.07) is 8.54. The van der Waals surface area contributed by atoms with Crippen molar-refractivity contribution in [2.24, 2.45) is 0 Å². The SMILES string of the molecule is CCC1CCCCN1C(=O)Cn1nnc(Cc2ccccc2C)n1. The van der Waals surface area contributed by atoms with E-state index in [1.54, 1.807) is 0 Å². The number of piperidine rings is 1. The Kier molecular flexibility index (Phi) is 5.23. The molecule has 3 rings (SSSR count). The summed E-state index contributed by atoms with van der Waals surface area (Å²) in [5.41, 5.74) is 2.40. The van der Waals surface area contributed by atoms with Crippen molar-refractivity contribution in [2.45, 2.75) is 58.5 Å². The second kappa shape index (κ2) is 7.55. The van der Waals surface area contributed by atoms with E-state index in [0.717, 1.165) is 25.8 Å². The molecule has 1 unspecified atom stereocenters. The molecule has 128 valence electrons. The van der Waals surface area contributed by atoms with Gasteiger partial charge in [-0.15, -0.1) is 10.2 Å². The summed E-state index contributed by atoms with van der Waals surface area (Å²) in [4.78, 5) is 16.0. The third kappa shape index (κ3) is 3.80. The number of amides is 1. The standard InChI is InChI=1S/C18H25N5O/c1-3-16-10-6-7-11-22(16)18(24)13-23-20-17(19-21-23)12-15-9-5-4-8-14(15)2/h4-5,8-9,16H,3,6-7,10-13H2,1-2H3. The van der Waals surface area contributed by atoms with E-state index in [0.29, 0.717) is 18.3 Å². The molecule has 0 saturated carbocycles. The van der Waals surface area contributed by atoms with Crippen LogP contribution in [0, 0.1) is 6.92 Å². The molecule has 1 saturated heterocycles. The number of likely N-dealkylation sites (tertiary alicyclic amines) is 1. The van der Waals surface area contributed by atoms with E-state index in [9.17, 15) is 4.79 Å². The van der Waals surface area contributed by atoms with Crippen LogP contribution in [0.5, 0.6) is 0 Å². The number of rotatable bonds is 5. The monoisotopic (exact) mass is 327 g/mol. The molecule has 6 heteroatoms. The van der Waals surface area contributed by atoms with Crippen LogP contribution in [-0.2, 0) is 17.8 Å². The first-order valence-corrected chi connectivity index (χ1v) is 8.78. The number of aryl methyl sites for hydroxylation is 1. The number of benzene rings is 1. The van der Waals surface area contributed by atoms with Gasteiger partial charge in [0.05, 0.1) is 0 Å². The fourth-order valence-corrected chi connectivity index (χ4v) is 3.36. The van der Waals surface area contributed by atoms with Crippen LogP contribution in [0.3, 0.4) is 0 Å². The molecule has 1 aliphatic rings. The van der Waals surface area contributed by atoms with E-state index < -0.39 is 0 Å². The van der Waals surface area contributed by atoms with Gasteiger partial charge in [0.1, 0.15) is 6.54 Å². The maximum absolute atomic E-state index is 12.6. The van der Waals surface area contributed by atoms with E-state index in [4.69, 9.17) is 0 Å². The van der Waals surface area contributed by atoms with Gasteiger partial charge in [-0.2, -0.15) is 4.80 Å². The number of carbonyl (C=O) groups excluding carboxylic acids is 1. The summed E-state index contributed by atoms with van der Waals surface area (Å²) in [6.45, 7) is 5.24. The highest BCUT2D eigenvalue weighted by Crippen LogP contribution is 2.19. The van der Waals surface area contributed by atoms with Crippen molar-refractivity contribution in [1.29, 1.82) is 0 Å². The lowest BCUT2D eigenvalue weighted by molar-refractivity contribution is -0.136. The summed E-state index contributed by atoms with van der Waals surface area (Å²) in [6.07, 6.45) is 5.05. The zero-order valence-corrected chi connectivity index (χ0v) is 14.5. The number of aromatic nitrogens is 4. The second-order valence-corrected chi connectivity index (χ2v) is 6.48. The average Bonchev–Trinajstić information content (AvgIpc) is 3.04. The lowest BCUT2D eigenvalue weighted by atomic mass is 10.00. The second-order valence-electron chi connectivity index (χ2n) is 6.48.